The van der Waals surface area contributed by atoms with Gasteiger partial charge in [0.05, 0.1) is 0 Å². The Kier molecular flexibility index (Phi) is 3.24. The maximum Gasteiger partial charge on any atom is 0.418 e. The number of para-hydroxylation sites is 1. The van der Waals surface area contributed by atoms with Crippen LogP contribution < -0.4 is 4.90 Å². The van der Waals surface area contributed by atoms with Crippen molar-refractivity contribution >= 4 is 5.69 Å². The molecule has 1 atom stereocenters. The SMILES string of the molecule is CN(C)c1ccccc1[C@@H](O)C(F)(F)F. The second-order valence-electron chi connectivity index (χ2n) is 3.40. The molecule has 0 aliphatic heterocycles. The largest absolute Gasteiger partial charge is 0.418 e. The molecule has 1 N–H and O–H groups in total. The maximum absolute atomic E-state index is 12.3. The van der Waals surface area contributed by atoms with E-state index >= 15 is 0 Å². The van der Waals surface area contributed by atoms with Crippen LogP contribution in [0.1, 0.15) is 11.7 Å². The number of anilines is 1. The lowest BCUT2D eigenvalue weighted by molar-refractivity contribution is -0.206. The lowest BCUT2D eigenvalue weighted by Gasteiger charge is -2.22. The summed E-state index contributed by atoms with van der Waals surface area (Å²) in [6.07, 6.45) is -7.07. The molecule has 0 saturated heterocycles. The van der Waals surface area contributed by atoms with Crippen LogP contribution in [0.4, 0.5) is 18.9 Å². The van der Waals surface area contributed by atoms with Crippen LogP contribution in [0.15, 0.2) is 24.3 Å². The number of aliphatic hydroxyl groups excluding tert-OH is 1. The predicted octanol–water partition coefficient (Wildman–Crippen LogP) is 2.35. The number of rotatable bonds is 2. The zero-order valence-electron chi connectivity index (χ0n) is 8.42. The molecule has 1 aromatic carbocycles. The summed E-state index contributed by atoms with van der Waals surface area (Å²) in [5.74, 6) is 0. The summed E-state index contributed by atoms with van der Waals surface area (Å²) in [7, 11) is 3.25. The van der Waals surface area contributed by atoms with Crippen LogP contribution in [-0.2, 0) is 0 Å². The van der Waals surface area contributed by atoms with Gasteiger partial charge in [-0.1, -0.05) is 18.2 Å². The number of hydrogen-bond donors (Lipinski definition) is 1. The molecule has 1 aromatic rings. The minimum atomic E-state index is -4.63. The van der Waals surface area contributed by atoms with Gasteiger partial charge in [0.2, 0.25) is 0 Å². The molecule has 0 unspecified atom stereocenters. The molecule has 5 heteroatoms. The van der Waals surface area contributed by atoms with E-state index in [-0.39, 0.29) is 5.56 Å². The van der Waals surface area contributed by atoms with E-state index in [1.165, 1.54) is 23.1 Å². The van der Waals surface area contributed by atoms with Gasteiger partial charge in [-0.05, 0) is 6.07 Å². The van der Waals surface area contributed by atoms with Crippen LogP contribution in [0.25, 0.3) is 0 Å². The molecule has 0 saturated carbocycles. The molecule has 2 nitrogen and oxygen atoms in total. The topological polar surface area (TPSA) is 23.5 Å². The zero-order valence-corrected chi connectivity index (χ0v) is 8.42. The van der Waals surface area contributed by atoms with Crippen molar-refractivity contribution in [3.05, 3.63) is 29.8 Å². The minimum Gasteiger partial charge on any atom is -0.379 e. The number of hydrogen-bond acceptors (Lipinski definition) is 2. The van der Waals surface area contributed by atoms with E-state index in [0.29, 0.717) is 5.69 Å². The fraction of sp³-hybridized carbons (Fsp3) is 0.400. The fourth-order valence-electron chi connectivity index (χ4n) is 1.30. The summed E-state index contributed by atoms with van der Waals surface area (Å²) in [6, 6.07) is 5.90. The van der Waals surface area contributed by atoms with Crippen molar-refractivity contribution in [2.24, 2.45) is 0 Å². The summed E-state index contributed by atoms with van der Waals surface area (Å²) in [5, 5.41) is 9.14. The first kappa shape index (κ1) is 11.8. The van der Waals surface area contributed by atoms with Crippen molar-refractivity contribution in [1.29, 1.82) is 0 Å². The van der Waals surface area contributed by atoms with E-state index in [0.717, 1.165) is 0 Å². The quantitative estimate of drug-likeness (QED) is 0.825. The third-order valence-corrected chi connectivity index (χ3v) is 2.02. The van der Waals surface area contributed by atoms with Gasteiger partial charge in [0.15, 0.2) is 6.10 Å². The highest BCUT2D eigenvalue weighted by Gasteiger charge is 2.40. The molecule has 0 aliphatic carbocycles. The van der Waals surface area contributed by atoms with Crippen LogP contribution in [0.2, 0.25) is 0 Å². The molecule has 1 rings (SSSR count). The zero-order chi connectivity index (χ0) is 11.6. The van der Waals surface area contributed by atoms with E-state index in [1.54, 1.807) is 20.2 Å². The summed E-state index contributed by atoms with van der Waals surface area (Å²) in [5.41, 5.74) is 0.234. The first-order chi connectivity index (χ1) is 6.84. The number of aliphatic hydroxyl groups is 1. The number of nitrogens with zero attached hydrogens (tertiary/aromatic N) is 1. The Balaban J connectivity index is 3.14. The van der Waals surface area contributed by atoms with Gasteiger partial charge in [-0.3, -0.25) is 0 Å². The van der Waals surface area contributed by atoms with Crippen LogP contribution in [0.5, 0.6) is 0 Å². The molecule has 0 bridgehead atoms. The molecule has 0 spiro atoms. The Morgan fingerprint density at radius 1 is 1.20 bits per heavy atom. The van der Waals surface area contributed by atoms with Crippen molar-refractivity contribution < 1.29 is 18.3 Å². The van der Waals surface area contributed by atoms with Gasteiger partial charge >= 0.3 is 6.18 Å². The Morgan fingerprint density at radius 2 is 1.73 bits per heavy atom. The molecule has 0 aliphatic rings. The van der Waals surface area contributed by atoms with Crippen molar-refractivity contribution in [1.82, 2.24) is 0 Å². The van der Waals surface area contributed by atoms with E-state index in [1.807, 2.05) is 0 Å². The van der Waals surface area contributed by atoms with Gasteiger partial charge in [0, 0.05) is 25.3 Å². The first-order valence-electron chi connectivity index (χ1n) is 4.35. The van der Waals surface area contributed by atoms with E-state index in [9.17, 15) is 13.2 Å². The standard InChI is InChI=1S/C10H12F3NO/c1-14(2)8-6-4-3-5-7(8)9(15)10(11,12)13/h3-6,9,15H,1-2H3/t9-/m1/s1. The van der Waals surface area contributed by atoms with Crippen molar-refractivity contribution in [2.45, 2.75) is 12.3 Å². The smallest absolute Gasteiger partial charge is 0.379 e. The molecule has 0 radical (unpaired) electrons. The van der Waals surface area contributed by atoms with Gasteiger partial charge in [0.25, 0.3) is 0 Å². The van der Waals surface area contributed by atoms with Crippen LogP contribution >= 0.6 is 0 Å². The summed E-state index contributed by atoms with van der Waals surface area (Å²) in [6.45, 7) is 0. The molecule has 15 heavy (non-hydrogen) atoms. The Hall–Kier alpha value is -1.23. The highest BCUT2D eigenvalue weighted by molar-refractivity contribution is 5.53. The summed E-state index contributed by atoms with van der Waals surface area (Å²) in [4.78, 5) is 1.53. The van der Waals surface area contributed by atoms with Crippen molar-refractivity contribution in [3.63, 3.8) is 0 Å². The van der Waals surface area contributed by atoms with Gasteiger partial charge < -0.3 is 10.0 Å². The number of alkyl halides is 3. The van der Waals surface area contributed by atoms with Crippen LogP contribution in [0, 0.1) is 0 Å². The molecule has 84 valence electrons. The summed E-state index contributed by atoms with van der Waals surface area (Å²) >= 11 is 0. The monoisotopic (exact) mass is 219 g/mol. The molecule has 0 aromatic heterocycles. The predicted molar refractivity (Wildman–Crippen MR) is 51.8 cm³/mol. The van der Waals surface area contributed by atoms with E-state index in [4.69, 9.17) is 5.11 Å². The van der Waals surface area contributed by atoms with Crippen LogP contribution in [-0.4, -0.2) is 25.4 Å². The van der Waals surface area contributed by atoms with E-state index in [2.05, 4.69) is 0 Å². The lowest BCUT2D eigenvalue weighted by Crippen LogP contribution is -2.23. The Morgan fingerprint density at radius 3 is 2.20 bits per heavy atom. The third kappa shape index (κ3) is 2.62. The molecular weight excluding hydrogens is 207 g/mol. The van der Waals surface area contributed by atoms with Gasteiger partial charge in [-0.25, -0.2) is 0 Å². The Bertz CT molecular complexity index is 336. The highest BCUT2D eigenvalue weighted by atomic mass is 19.4. The molecule has 0 amide bonds. The molecule has 0 heterocycles. The second kappa shape index (κ2) is 4.10. The normalized spacial score (nSPS) is 13.7. The average molecular weight is 219 g/mol. The van der Waals surface area contributed by atoms with Gasteiger partial charge in [0.1, 0.15) is 0 Å². The lowest BCUT2D eigenvalue weighted by atomic mass is 10.1. The van der Waals surface area contributed by atoms with Gasteiger partial charge in [-0.2, -0.15) is 13.2 Å². The second-order valence-corrected chi connectivity index (χ2v) is 3.40. The van der Waals surface area contributed by atoms with Crippen molar-refractivity contribution in [3.8, 4) is 0 Å². The summed E-state index contributed by atoms with van der Waals surface area (Å²) < 4.78 is 36.9. The Labute approximate surface area is 85.9 Å². The van der Waals surface area contributed by atoms with Crippen LogP contribution in [0.3, 0.4) is 0 Å². The third-order valence-electron chi connectivity index (χ3n) is 2.02. The van der Waals surface area contributed by atoms with Gasteiger partial charge in [-0.15, -0.1) is 0 Å². The first-order valence-corrected chi connectivity index (χ1v) is 4.35. The molecule has 0 fully saturated rings. The fourth-order valence-corrected chi connectivity index (χ4v) is 1.30. The average Bonchev–Trinajstić information content (AvgIpc) is 2.15. The molecular formula is C10H12F3NO. The number of benzene rings is 1. The maximum atomic E-state index is 12.3. The van der Waals surface area contributed by atoms with E-state index < -0.39 is 12.3 Å². The number of halogens is 3. The highest BCUT2D eigenvalue weighted by Crippen LogP contribution is 2.36. The van der Waals surface area contributed by atoms with Crippen molar-refractivity contribution in [2.75, 3.05) is 19.0 Å². The minimum absolute atomic E-state index is 0.130.